The van der Waals surface area contributed by atoms with Crippen molar-refractivity contribution in [2.75, 3.05) is 7.05 Å². The summed E-state index contributed by atoms with van der Waals surface area (Å²) in [6.45, 7) is 0. The molecule has 0 bridgehead atoms. The van der Waals surface area contributed by atoms with E-state index in [2.05, 4.69) is 20.6 Å². The minimum absolute atomic E-state index is 0.595. The monoisotopic (exact) mass is 139 g/mol. The van der Waals surface area contributed by atoms with Crippen molar-refractivity contribution in [1.29, 1.82) is 0 Å². The fourth-order valence-corrected chi connectivity index (χ4v) is 0.651. The summed E-state index contributed by atoms with van der Waals surface area (Å²) in [5.74, 6) is 5.74. The summed E-state index contributed by atoms with van der Waals surface area (Å²) >= 11 is 0. The highest BCUT2D eigenvalue weighted by molar-refractivity contribution is 5.96. The largest absolute Gasteiger partial charge is 0.307 e. The van der Waals surface area contributed by atoms with E-state index in [0.29, 0.717) is 5.84 Å². The number of aromatic amines is 1. The fourth-order valence-electron chi connectivity index (χ4n) is 0.651. The number of nitrogens with two attached hydrogens (primary N) is 1. The number of rotatable bonds is 1. The highest BCUT2D eigenvalue weighted by Gasteiger charge is 1.98. The molecule has 0 unspecified atom stereocenters. The van der Waals surface area contributed by atoms with Gasteiger partial charge in [0.15, 0.2) is 5.84 Å². The molecule has 0 spiro atoms. The van der Waals surface area contributed by atoms with Gasteiger partial charge in [-0.15, -0.1) is 0 Å². The van der Waals surface area contributed by atoms with Gasteiger partial charge in [-0.3, -0.25) is 10.1 Å². The number of amidine groups is 1. The molecule has 0 aliphatic carbocycles. The maximum absolute atomic E-state index is 5.15. The minimum atomic E-state index is 0.595. The number of hydrogen-bond donors (Lipinski definition) is 3. The van der Waals surface area contributed by atoms with Gasteiger partial charge in [0.1, 0.15) is 5.69 Å². The smallest absolute Gasteiger partial charge is 0.160 e. The van der Waals surface area contributed by atoms with Crippen LogP contribution in [0.5, 0.6) is 0 Å². The van der Waals surface area contributed by atoms with Gasteiger partial charge < -0.3 is 5.43 Å². The van der Waals surface area contributed by atoms with Crippen molar-refractivity contribution in [2.24, 2.45) is 10.8 Å². The van der Waals surface area contributed by atoms with Gasteiger partial charge in [-0.05, 0) is 6.07 Å². The summed E-state index contributed by atoms with van der Waals surface area (Å²) in [6.07, 6.45) is 1.64. The molecule has 1 aromatic heterocycles. The van der Waals surface area contributed by atoms with Crippen molar-refractivity contribution < 1.29 is 0 Å². The van der Waals surface area contributed by atoms with E-state index in [-0.39, 0.29) is 0 Å². The van der Waals surface area contributed by atoms with E-state index >= 15 is 0 Å². The van der Waals surface area contributed by atoms with Crippen LogP contribution in [-0.4, -0.2) is 23.1 Å². The lowest BCUT2D eigenvalue weighted by Crippen LogP contribution is -2.31. The first-order valence-electron chi connectivity index (χ1n) is 2.81. The van der Waals surface area contributed by atoms with E-state index in [9.17, 15) is 0 Å². The van der Waals surface area contributed by atoms with Gasteiger partial charge in [0.2, 0.25) is 0 Å². The van der Waals surface area contributed by atoms with Crippen LogP contribution in [0.4, 0.5) is 0 Å². The molecule has 1 rings (SSSR count). The lowest BCUT2D eigenvalue weighted by atomic mass is 10.4. The van der Waals surface area contributed by atoms with E-state index in [1.165, 1.54) is 0 Å². The lowest BCUT2D eigenvalue weighted by Gasteiger charge is -1.98. The van der Waals surface area contributed by atoms with E-state index in [1.807, 2.05) is 0 Å². The third-order valence-corrected chi connectivity index (χ3v) is 1.12. The third kappa shape index (κ3) is 1.14. The Labute approximate surface area is 58.3 Å². The van der Waals surface area contributed by atoms with Crippen molar-refractivity contribution in [2.45, 2.75) is 0 Å². The molecule has 1 aromatic rings. The summed E-state index contributed by atoms with van der Waals surface area (Å²) in [5, 5.41) is 6.45. The predicted octanol–water partition coefficient (Wildman–Crippen LogP) is -0.751. The van der Waals surface area contributed by atoms with E-state index in [4.69, 9.17) is 5.84 Å². The summed E-state index contributed by atoms with van der Waals surface area (Å²) in [7, 11) is 1.65. The molecule has 0 fully saturated rings. The van der Waals surface area contributed by atoms with Crippen LogP contribution in [0.15, 0.2) is 17.3 Å². The zero-order chi connectivity index (χ0) is 7.40. The molecular weight excluding hydrogens is 130 g/mol. The average Bonchev–Trinajstić information content (AvgIpc) is 2.43. The Morgan fingerprint density at radius 2 is 2.70 bits per heavy atom. The van der Waals surface area contributed by atoms with Crippen molar-refractivity contribution in [3.05, 3.63) is 18.0 Å². The number of nitrogens with one attached hydrogen (secondary N) is 2. The van der Waals surface area contributed by atoms with Crippen molar-refractivity contribution >= 4 is 5.84 Å². The first kappa shape index (κ1) is 6.76. The van der Waals surface area contributed by atoms with Gasteiger partial charge in [-0.2, -0.15) is 5.10 Å². The van der Waals surface area contributed by atoms with Gasteiger partial charge in [0, 0.05) is 13.2 Å². The van der Waals surface area contributed by atoms with Gasteiger partial charge in [-0.25, -0.2) is 5.84 Å². The number of aliphatic imine (C=N–C) groups is 1. The highest BCUT2D eigenvalue weighted by Crippen LogP contribution is 1.90. The molecule has 1 heterocycles. The maximum Gasteiger partial charge on any atom is 0.160 e. The molecule has 0 aliphatic rings. The van der Waals surface area contributed by atoms with Gasteiger partial charge in [0.25, 0.3) is 0 Å². The Morgan fingerprint density at radius 3 is 3.10 bits per heavy atom. The molecule has 0 radical (unpaired) electrons. The summed E-state index contributed by atoms with van der Waals surface area (Å²) < 4.78 is 0. The lowest BCUT2D eigenvalue weighted by molar-refractivity contribution is 0.991. The molecule has 54 valence electrons. The van der Waals surface area contributed by atoms with Crippen LogP contribution >= 0.6 is 0 Å². The minimum Gasteiger partial charge on any atom is -0.307 e. The number of nitrogens with zero attached hydrogens (tertiary/aromatic N) is 2. The van der Waals surface area contributed by atoms with Crippen LogP contribution in [0.2, 0.25) is 0 Å². The Hall–Kier alpha value is -1.36. The van der Waals surface area contributed by atoms with Crippen LogP contribution in [0.1, 0.15) is 5.69 Å². The van der Waals surface area contributed by atoms with Crippen molar-refractivity contribution in [3.8, 4) is 0 Å². The summed E-state index contributed by atoms with van der Waals surface area (Å²) in [6, 6.07) is 1.78. The van der Waals surface area contributed by atoms with Crippen LogP contribution < -0.4 is 11.3 Å². The Bertz CT molecular complexity index is 212. The third-order valence-electron chi connectivity index (χ3n) is 1.12. The highest BCUT2D eigenvalue weighted by atomic mass is 15.3. The number of hydrazine groups is 1. The second-order valence-electron chi connectivity index (χ2n) is 1.69. The SMILES string of the molecule is CN=C(NN)c1ccn[nH]1. The molecule has 4 N–H and O–H groups in total. The predicted molar refractivity (Wildman–Crippen MR) is 38.4 cm³/mol. The molecular formula is C5H9N5. The van der Waals surface area contributed by atoms with Crippen LogP contribution in [-0.2, 0) is 0 Å². The van der Waals surface area contributed by atoms with Gasteiger partial charge in [0.05, 0.1) is 0 Å². The van der Waals surface area contributed by atoms with E-state index in [0.717, 1.165) is 5.69 Å². The van der Waals surface area contributed by atoms with Crippen LogP contribution in [0, 0.1) is 0 Å². The fraction of sp³-hybridized carbons (Fsp3) is 0.200. The van der Waals surface area contributed by atoms with E-state index in [1.54, 1.807) is 19.3 Å². The molecule has 0 saturated carbocycles. The van der Waals surface area contributed by atoms with Crippen molar-refractivity contribution in [3.63, 3.8) is 0 Å². The molecule has 0 atom stereocenters. The first-order chi connectivity index (χ1) is 4.88. The number of hydrogen-bond acceptors (Lipinski definition) is 3. The summed E-state index contributed by atoms with van der Waals surface area (Å²) in [5.41, 5.74) is 3.22. The van der Waals surface area contributed by atoms with Crippen LogP contribution in [0.25, 0.3) is 0 Å². The molecule has 10 heavy (non-hydrogen) atoms. The molecule has 0 amide bonds. The molecule has 5 nitrogen and oxygen atoms in total. The van der Waals surface area contributed by atoms with E-state index < -0.39 is 0 Å². The molecule has 5 heteroatoms. The number of H-pyrrole nitrogens is 1. The second-order valence-corrected chi connectivity index (χ2v) is 1.69. The van der Waals surface area contributed by atoms with Crippen molar-refractivity contribution in [1.82, 2.24) is 15.6 Å². The summed E-state index contributed by atoms with van der Waals surface area (Å²) in [4.78, 5) is 3.86. The Morgan fingerprint density at radius 1 is 1.90 bits per heavy atom. The molecule has 0 aliphatic heterocycles. The Kier molecular flexibility index (Phi) is 2.01. The quantitative estimate of drug-likeness (QED) is 0.207. The van der Waals surface area contributed by atoms with Gasteiger partial charge >= 0.3 is 0 Å². The standard InChI is InChI=1S/C5H9N5/c1-7-5(9-6)4-2-3-8-10-4/h2-3H,6H2,1H3,(H,7,9)(H,8,10). The zero-order valence-corrected chi connectivity index (χ0v) is 5.63. The first-order valence-corrected chi connectivity index (χ1v) is 2.81. The second kappa shape index (κ2) is 2.98. The molecule has 0 aromatic carbocycles. The number of aromatic nitrogens is 2. The molecule has 0 saturated heterocycles. The maximum atomic E-state index is 5.15. The normalized spacial score (nSPS) is 11.6. The Balaban J connectivity index is 2.85. The zero-order valence-electron chi connectivity index (χ0n) is 5.63. The van der Waals surface area contributed by atoms with Crippen LogP contribution in [0.3, 0.4) is 0 Å². The topological polar surface area (TPSA) is 79.1 Å². The average molecular weight is 139 g/mol. The van der Waals surface area contributed by atoms with Gasteiger partial charge in [-0.1, -0.05) is 0 Å².